The first kappa shape index (κ1) is 11.7. The lowest BCUT2D eigenvalue weighted by molar-refractivity contribution is 0.458. The van der Waals surface area contributed by atoms with Crippen LogP contribution in [0.2, 0.25) is 0 Å². The quantitative estimate of drug-likeness (QED) is 0.818. The van der Waals surface area contributed by atoms with Crippen molar-refractivity contribution in [3.8, 4) is 11.6 Å². The fraction of sp³-hybridized carbons (Fsp3) is 0.267. The molecular formula is C15H14BrNO. The van der Waals surface area contributed by atoms with Crippen LogP contribution in [0.15, 0.2) is 34.8 Å². The first-order valence-corrected chi connectivity index (χ1v) is 6.94. The number of ether oxygens (including phenoxy) is 1. The van der Waals surface area contributed by atoms with Crippen LogP contribution in [0.4, 0.5) is 0 Å². The first-order valence-electron chi connectivity index (χ1n) is 6.15. The van der Waals surface area contributed by atoms with Gasteiger partial charge in [-0.3, -0.25) is 0 Å². The molecule has 0 radical (unpaired) electrons. The number of fused-ring (bicyclic) bond motifs is 1. The highest BCUT2D eigenvalue weighted by Gasteiger charge is 2.13. The Bertz CT molecular complexity index is 595. The van der Waals surface area contributed by atoms with Gasteiger partial charge < -0.3 is 4.74 Å². The molecule has 0 saturated carbocycles. The van der Waals surface area contributed by atoms with Gasteiger partial charge in [0.15, 0.2) is 0 Å². The maximum atomic E-state index is 5.83. The van der Waals surface area contributed by atoms with Crippen LogP contribution in [-0.2, 0) is 12.8 Å². The zero-order valence-corrected chi connectivity index (χ0v) is 11.8. The van der Waals surface area contributed by atoms with E-state index in [-0.39, 0.29) is 0 Å². The van der Waals surface area contributed by atoms with Gasteiger partial charge in [0.25, 0.3) is 0 Å². The maximum Gasteiger partial charge on any atom is 0.219 e. The third-order valence-corrected chi connectivity index (χ3v) is 3.82. The summed E-state index contributed by atoms with van der Waals surface area (Å²) >= 11 is 3.51. The second-order valence-corrected chi connectivity index (χ2v) is 5.50. The Labute approximate surface area is 115 Å². The van der Waals surface area contributed by atoms with Gasteiger partial charge >= 0.3 is 0 Å². The van der Waals surface area contributed by atoms with E-state index in [1.165, 1.54) is 23.2 Å². The Morgan fingerprint density at radius 2 is 2.06 bits per heavy atom. The smallest absolute Gasteiger partial charge is 0.219 e. The van der Waals surface area contributed by atoms with E-state index in [1.807, 2.05) is 24.3 Å². The fourth-order valence-electron chi connectivity index (χ4n) is 2.26. The average Bonchev–Trinajstić information content (AvgIpc) is 2.80. The van der Waals surface area contributed by atoms with Gasteiger partial charge in [0, 0.05) is 11.8 Å². The monoisotopic (exact) mass is 303 g/mol. The minimum Gasteiger partial charge on any atom is -0.438 e. The summed E-state index contributed by atoms with van der Waals surface area (Å²) in [4.78, 5) is 4.57. The minimum atomic E-state index is 0.681. The number of hydrogen-bond acceptors (Lipinski definition) is 2. The summed E-state index contributed by atoms with van der Waals surface area (Å²) in [6, 6.07) is 10.1. The molecule has 0 spiro atoms. The zero-order valence-electron chi connectivity index (χ0n) is 10.2. The molecule has 0 aliphatic heterocycles. The van der Waals surface area contributed by atoms with Crippen molar-refractivity contribution in [3.05, 3.63) is 51.6 Å². The summed E-state index contributed by atoms with van der Waals surface area (Å²) in [5.41, 5.74) is 3.76. The molecule has 2 nitrogen and oxygen atoms in total. The molecule has 2 aromatic rings. The lowest BCUT2D eigenvalue weighted by Gasteiger charge is -2.08. The summed E-state index contributed by atoms with van der Waals surface area (Å²) in [7, 11) is 0. The van der Waals surface area contributed by atoms with Gasteiger partial charge in [-0.25, -0.2) is 4.98 Å². The van der Waals surface area contributed by atoms with Crippen LogP contribution in [-0.4, -0.2) is 4.98 Å². The number of aromatic nitrogens is 1. The van der Waals surface area contributed by atoms with Crippen molar-refractivity contribution in [1.29, 1.82) is 0 Å². The van der Waals surface area contributed by atoms with Gasteiger partial charge in [-0.15, -0.1) is 0 Å². The normalized spacial score (nSPS) is 13.4. The largest absolute Gasteiger partial charge is 0.438 e. The van der Waals surface area contributed by atoms with Crippen molar-refractivity contribution in [2.75, 3.05) is 0 Å². The summed E-state index contributed by atoms with van der Waals surface area (Å²) in [6.07, 6.45) is 3.43. The Hall–Kier alpha value is -1.35. The van der Waals surface area contributed by atoms with Gasteiger partial charge in [0.2, 0.25) is 5.88 Å². The number of rotatable bonds is 2. The molecule has 1 aliphatic rings. The van der Waals surface area contributed by atoms with Gasteiger partial charge in [-0.1, -0.05) is 12.1 Å². The topological polar surface area (TPSA) is 22.1 Å². The molecule has 1 aliphatic carbocycles. The standard InChI is InChI=1S/C15H14BrNO/c1-10-5-7-14(12(16)9-10)18-15-8-6-11-3-2-4-13(11)17-15/h5-9H,2-4H2,1H3. The van der Waals surface area contributed by atoms with E-state index >= 15 is 0 Å². The van der Waals surface area contributed by atoms with Crippen LogP contribution >= 0.6 is 15.9 Å². The van der Waals surface area contributed by atoms with Gasteiger partial charge in [0.1, 0.15) is 5.75 Å². The van der Waals surface area contributed by atoms with Crippen molar-refractivity contribution in [3.63, 3.8) is 0 Å². The third-order valence-electron chi connectivity index (χ3n) is 3.20. The molecule has 0 amide bonds. The molecule has 0 saturated heterocycles. The Kier molecular flexibility index (Phi) is 3.08. The van der Waals surface area contributed by atoms with Crippen molar-refractivity contribution >= 4 is 15.9 Å². The highest BCUT2D eigenvalue weighted by molar-refractivity contribution is 9.10. The summed E-state index contributed by atoms with van der Waals surface area (Å²) in [5.74, 6) is 1.49. The summed E-state index contributed by atoms with van der Waals surface area (Å²) in [5, 5.41) is 0. The molecule has 0 atom stereocenters. The van der Waals surface area contributed by atoms with Crippen molar-refractivity contribution in [1.82, 2.24) is 4.98 Å². The molecule has 1 aromatic carbocycles. The highest BCUT2D eigenvalue weighted by atomic mass is 79.9. The summed E-state index contributed by atoms with van der Waals surface area (Å²) < 4.78 is 6.79. The SMILES string of the molecule is Cc1ccc(Oc2ccc3c(n2)CCC3)c(Br)c1. The van der Waals surface area contributed by atoms with Gasteiger partial charge in [-0.05, 0) is 65.4 Å². The molecular weight excluding hydrogens is 290 g/mol. The van der Waals surface area contributed by atoms with E-state index < -0.39 is 0 Å². The molecule has 3 rings (SSSR count). The Balaban J connectivity index is 1.88. The molecule has 0 fully saturated rings. The van der Waals surface area contributed by atoms with Gasteiger partial charge in [0.05, 0.1) is 4.47 Å². The number of pyridine rings is 1. The lowest BCUT2D eigenvalue weighted by atomic mass is 10.2. The number of nitrogens with zero attached hydrogens (tertiary/aromatic N) is 1. The van der Waals surface area contributed by atoms with Crippen LogP contribution in [0.5, 0.6) is 11.6 Å². The Morgan fingerprint density at radius 1 is 1.17 bits per heavy atom. The van der Waals surface area contributed by atoms with Crippen LogP contribution in [0.3, 0.4) is 0 Å². The third kappa shape index (κ3) is 2.27. The predicted molar refractivity (Wildman–Crippen MR) is 75.2 cm³/mol. The van der Waals surface area contributed by atoms with E-state index in [4.69, 9.17) is 4.74 Å². The van der Waals surface area contributed by atoms with Gasteiger partial charge in [-0.2, -0.15) is 0 Å². The van der Waals surface area contributed by atoms with E-state index in [2.05, 4.69) is 33.9 Å². The second kappa shape index (κ2) is 4.73. The first-order chi connectivity index (χ1) is 8.72. The molecule has 0 bridgehead atoms. The van der Waals surface area contributed by atoms with E-state index in [9.17, 15) is 0 Å². The molecule has 92 valence electrons. The van der Waals surface area contributed by atoms with Crippen molar-refractivity contribution in [2.45, 2.75) is 26.2 Å². The lowest BCUT2D eigenvalue weighted by Crippen LogP contribution is -1.93. The molecule has 0 N–H and O–H groups in total. The maximum absolute atomic E-state index is 5.83. The van der Waals surface area contributed by atoms with E-state index in [0.717, 1.165) is 23.1 Å². The highest BCUT2D eigenvalue weighted by Crippen LogP contribution is 2.31. The summed E-state index contributed by atoms with van der Waals surface area (Å²) in [6.45, 7) is 2.06. The molecule has 3 heteroatoms. The van der Waals surface area contributed by atoms with E-state index in [1.54, 1.807) is 0 Å². The van der Waals surface area contributed by atoms with Crippen molar-refractivity contribution < 1.29 is 4.74 Å². The Morgan fingerprint density at radius 3 is 2.89 bits per heavy atom. The minimum absolute atomic E-state index is 0.681. The predicted octanol–water partition coefficient (Wildman–Crippen LogP) is 4.43. The number of hydrogen-bond donors (Lipinski definition) is 0. The number of aryl methyl sites for hydroxylation is 3. The second-order valence-electron chi connectivity index (χ2n) is 4.64. The average molecular weight is 304 g/mol. The molecule has 1 aromatic heterocycles. The molecule has 18 heavy (non-hydrogen) atoms. The fourth-order valence-corrected chi connectivity index (χ4v) is 2.83. The van der Waals surface area contributed by atoms with Crippen LogP contribution < -0.4 is 4.74 Å². The van der Waals surface area contributed by atoms with Crippen molar-refractivity contribution in [2.24, 2.45) is 0 Å². The van der Waals surface area contributed by atoms with E-state index in [0.29, 0.717) is 5.88 Å². The van der Waals surface area contributed by atoms with Crippen LogP contribution in [0, 0.1) is 6.92 Å². The van der Waals surface area contributed by atoms with Crippen LogP contribution in [0.1, 0.15) is 23.2 Å². The zero-order chi connectivity index (χ0) is 12.5. The molecule has 0 unspecified atom stereocenters. The number of halogens is 1. The van der Waals surface area contributed by atoms with Crippen LogP contribution in [0.25, 0.3) is 0 Å². The number of benzene rings is 1. The molecule has 1 heterocycles.